The molecular formula is C28H27N5O2S. The zero-order valence-electron chi connectivity index (χ0n) is 20.3. The van der Waals surface area contributed by atoms with E-state index in [9.17, 15) is 0 Å². The molecule has 3 aromatic carbocycles. The molecule has 2 aromatic heterocycles. The number of nitrogens with zero attached hydrogens (tertiary/aromatic N) is 5. The maximum atomic E-state index is 5.53. The van der Waals surface area contributed by atoms with E-state index in [1.54, 1.807) is 0 Å². The molecule has 0 saturated heterocycles. The molecule has 0 radical (unpaired) electrons. The van der Waals surface area contributed by atoms with Gasteiger partial charge in [0.15, 0.2) is 5.16 Å². The highest BCUT2D eigenvalue weighted by atomic mass is 32.2. The summed E-state index contributed by atoms with van der Waals surface area (Å²) in [5.41, 5.74) is 4.39. The number of aryl methyl sites for hydroxylation is 1. The lowest BCUT2D eigenvalue weighted by molar-refractivity contribution is 0.340. The Bertz CT molecular complexity index is 1400. The van der Waals surface area contributed by atoms with Crippen LogP contribution in [0.2, 0.25) is 0 Å². The highest BCUT2D eigenvalue weighted by Gasteiger charge is 2.17. The van der Waals surface area contributed by atoms with Crippen LogP contribution in [0.25, 0.3) is 17.1 Å². The van der Waals surface area contributed by atoms with Crippen LogP contribution in [0, 0.1) is 0 Å². The van der Waals surface area contributed by atoms with Gasteiger partial charge in [-0.05, 0) is 60.9 Å². The minimum Gasteiger partial charge on any atom is -0.494 e. The van der Waals surface area contributed by atoms with E-state index in [1.807, 2.05) is 49.4 Å². The predicted octanol–water partition coefficient (Wildman–Crippen LogP) is 6.16. The lowest BCUT2D eigenvalue weighted by Crippen LogP contribution is -2.04. The van der Waals surface area contributed by atoms with Crippen molar-refractivity contribution in [3.05, 3.63) is 102 Å². The van der Waals surface area contributed by atoms with Crippen LogP contribution in [0.3, 0.4) is 0 Å². The van der Waals surface area contributed by atoms with Gasteiger partial charge in [0.05, 0.1) is 12.4 Å². The van der Waals surface area contributed by atoms with Crippen LogP contribution in [0.1, 0.15) is 36.7 Å². The van der Waals surface area contributed by atoms with Crippen molar-refractivity contribution >= 4 is 11.8 Å². The third-order valence-electron chi connectivity index (χ3n) is 5.72. The second-order valence-electron chi connectivity index (χ2n) is 8.17. The second-order valence-corrected chi connectivity index (χ2v) is 9.12. The first kappa shape index (κ1) is 23.8. The topological polar surface area (TPSA) is 78.9 Å². The Kier molecular flexibility index (Phi) is 7.42. The molecule has 5 aromatic rings. The van der Waals surface area contributed by atoms with Crippen molar-refractivity contribution in [2.75, 3.05) is 6.61 Å². The van der Waals surface area contributed by atoms with Crippen molar-refractivity contribution in [2.45, 2.75) is 37.6 Å². The molecule has 0 amide bonds. The Morgan fingerprint density at radius 1 is 0.861 bits per heavy atom. The smallest absolute Gasteiger partial charge is 0.237 e. The molecule has 8 heteroatoms. The number of hydrogen-bond donors (Lipinski definition) is 0. The van der Waals surface area contributed by atoms with Gasteiger partial charge in [-0.15, -0.1) is 10.2 Å². The SMILES string of the molecule is CCOc1ccc(-c2noc(CSc3nnc(Cc4ccccc4)n3-c3ccc(CC)cc3)n2)cc1. The quantitative estimate of drug-likeness (QED) is 0.214. The van der Waals surface area contributed by atoms with Gasteiger partial charge < -0.3 is 9.26 Å². The van der Waals surface area contributed by atoms with Gasteiger partial charge >= 0.3 is 0 Å². The molecule has 36 heavy (non-hydrogen) atoms. The normalized spacial score (nSPS) is 11.1. The van der Waals surface area contributed by atoms with Crippen molar-refractivity contribution < 1.29 is 9.26 Å². The van der Waals surface area contributed by atoms with E-state index >= 15 is 0 Å². The standard InChI is InChI=1S/C28H27N5O2S/c1-3-20-10-14-23(15-11-20)33-25(18-21-8-6-5-7-9-21)30-31-28(33)36-19-26-29-27(32-35-26)22-12-16-24(17-13-22)34-4-2/h5-17H,3-4,18-19H2,1-2H3. The molecule has 182 valence electrons. The second kappa shape index (κ2) is 11.2. The Morgan fingerprint density at radius 2 is 1.64 bits per heavy atom. The highest BCUT2D eigenvalue weighted by Crippen LogP contribution is 2.27. The summed E-state index contributed by atoms with van der Waals surface area (Å²) in [5.74, 6) is 3.27. The average Bonchev–Trinajstić information content (AvgIpc) is 3.56. The van der Waals surface area contributed by atoms with Crippen LogP contribution in [-0.2, 0) is 18.6 Å². The maximum absolute atomic E-state index is 5.53. The lowest BCUT2D eigenvalue weighted by atomic mass is 10.1. The minimum absolute atomic E-state index is 0.487. The molecule has 2 heterocycles. The van der Waals surface area contributed by atoms with Crippen molar-refractivity contribution in [3.8, 4) is 22.8 Å². The fraction of sp³-hybridized carbons (Fsp3) is 0.214. The molecular weight excluding hydrogens is 470 g/mol. The molecule has 0 aliphatic rings. The van der Waals surface area contributed by atoms with Crippen molar-refractivity contribution in [3.63, 3.8) is 0 Å². The van der Waals surface area contributed by atoms with Gasteiger partial charge in [-0.25, -0.2) is 0 Å². The average molecular weight is 498 g/mol. The summed E-state index contributed by atoms with van der Waals surface area (Å²) in [7, 11) is 0. The Labute approximate surface area is 214 Å². The van der Waals surface area contributed by atoms with Crippen molar-refractivity contribution in [1.29, 1.82) is 0 Å². The minimum atomic E-state index is 0.487. The molecule has 0 fully saturated rings. The van der Waals surface area contributed by atoms with Gasteiger partial charge in [0.1, 0.15) is 11.6 Å². The predicted molar refractivity (Wildman–Crippen MR) is 140 cm³/mol. The van der Waals surface area contributed by atoms with Crippen molar-refractivity contribution in [1.82, 2.24) is 24.9 Å². The molecule has 0 aliphatic carbocycles. The summed E-state index contributed by atoms with van der Waals surface area (Å²) in [4.78, 5) is 4.57. The van der Waals surface area contributed by atoms with Gasteiger partial charge in [-0.3, -0.25) is 4.57 Å². The Morgan fingerprint density at radius 3 is 2.36 bits per heavy atom. The third-order valence-corrected chi connectivity index (χ3v) is 6.64. The molecule has 0 atom stereocenters. The maximum Gasteiger partial charge on any atom is 0.237 e. The largest absolute Gasteiger partial charge is 0.494 e. The monoisotopic (exact) mass is 497 g/mol. The fourth-order valence-electron chi connectivity index (χ4n) is 3.85. The first-order chi connectivity index (χ1) is 17.7. The zero-order valence-corrected chi connectivity index (χ0v) is 21.1. The highest BCUT2D eigenvalue weighted by molar-refractivity contribution is 7.98. The van der Waals surface area contributed by atoms with E-state index in [1.165, 1.54) is 22.9 Å². The summed E-state index contributed by atoms with van der Waals surface area (Å²) < 4.78 is 13.1. The molecule has 0 unspecified atom stereocenters. The number of ether oxygens (including phenoxy) is 1. The molecule has 0 spiro atoms. The van der Waals surface area contributed by atoms with E-state index < -0.39 is 0 Å². The van der Waals surface area contributed by atoms with Crippen molar-refractivity contribution in [2.24, 2.45) is 0 Å². The molecule has 0 aliphatic heterocycles. The first-order valence-corrected chi connectivity index (χ1v) is 13.0. The summed E-state index contributed by atoms with van der Waals surface area (Å²) >= 11 is 1.53. The van der Waals surface area contributed by atoms with Crippen LogP contribution < -0.4 is 4.74 Å². The molecule has 7 nitrogen and oxygen atoms in total. The van der Waals surface area contributed by atoms with Crippen LogP contribution in [-0.4, -0.2) is 31.5 Å². The third kappa shape index (κ3) is 5.49. The number of thioether (sulfide) groups is 1. The molecule has 0 saturated carbocycles. The van der Waals surface area contributed by atoms with E-state index in [0.717, 1.165) is 34.4 Å². The van der Waals surface area contributed by atoms with Gasteiger partial charge in [0.2, 0.25) is 11.7 Å². The summed E-state index contributed by atoms with van der Waals surface area (Å²) in [6.45, 7) is 4.74. The number of benzene rings is 3. The number of hydrogen-bond acceptors (Lipinski definition) is 7. The van der Waals surface area contributed by atoms with Gasteiger partial charge in [0.25, 0.3) is 0 Å². The summed E-state index contributed by atoms with van der Waals surface area (Å²) in [6, 6.07) is 26.5. The summed E-state index contributed by atoms with van der Waals surface area (Å²) in [6.07, 6.45) is 1.68. The van der Waals surface area contributed by atoms with Crippen LogP contribution in [0.4, 0.5) is 0 Å². The number of rotatable bonds is 10. The van der Waals surface area contributed by atoms with Crippen LogP contribution >= 0.6 is 11.8 Å². The van der Waals surface area contributed by atoms with E-state index in [2.05, 4.69) is 68.2 Å². The van der Waals surface area contributed by atoms with E-state index in [0.29, 0.717) is 30.5 Å². The molecule has 5 rings (SSSR count). The zero-order chi connectivity index (χ0) is 24.7. The van der Waals surface area contributed by atoms with Gasteiger partial charge in [0, 0.05) is 17.7 Å². The van der Waals surface area contributed by atoms with Crippen LogP contribution in [0.15, 0.2) is 88.5 Å². The molecule has 0 N–H and O–H groups in total. The van der Waals surface area contributed by atoms with Gasteiger partial charge in [-0.2, -0.15) is 4.98 Å². The van der Waals surface area contributed by atoms with E-state index in [4.69, 9.17) is 9.26 Å². The van der Waals surface area contributed by atoms with Crippen LogP contribution in [0.5, 0.6) is 5.75 Å². The first-order valence-electron chi connectivity index (χ1n) is 12.0. The van der Waals surface area contributed by atoms with E-state index in [-0.39, 0.29) is 0 Å². The van der Waals surface area contributed by atoms with Gasteiger partial charge in [-0.1, -0.05) is 66.3 Å². The lowest BCUT2D eigenvalue weighted by Gasteiger charge is -2.11. The molecule has 0 bridgehead atoms. The Balaban J connectivity index is 1.36. The summed E-state index contributed by atoms with van der Waals surface area (Å²) in [5, 5.41) is 14.0. The Hall–Kier alpha value is -3.91. The fourth-order valence-corrected chi connectivity index (χ4v) is 4.66. The number of aromatic nitrogens is 5.